The Morgan fingerprint density at radius 2 is 2.14 bits per heavy atom. The van der Waals surface area contributed by atoms with Gasteiger partial charge in [0.25, 0.3) is 0 Å². The van der Waals surface area contributed by atoms with Crippen LogP contribution >= 0.6 is 0 Å². The highest BCUT2D eigenvalue weighted by Crippen LogP contribution is 2.21. The molecule has 1 aliphatic carbocycles. The number of ether oxygens (including phenoxy) is 1. The molecule has 1 aromatic heterocycles. The summed E-state index contributed by atoms with van der Waals surface area (Å²) >= 11 is 0. The van der Waals surface area contributed by atoms with Crippen molar-refractivity contribution in [3.8, 4) is 0 Å². The predicted octanol–water partition coefficient (Wildman–Crippen LogP) is 3.27. The highest BCUT2D eigenvalue weighted by atomic mass is 16.5. The molecule has 0 unspecified atom stereocenters. The van der Waals surface area contributed by atoms with E-state index in [1.165, 1.54) is 12.8 Å². The van der Waals surface area contributed by atoms with Gasteiger partial charge in [-0.2, -0.15) is 0 Å². The second kappa shape index (κ2) is 7.41. The van der Waals surface area contributed by atoms with Gasteiger partial charge in [0.1, 0.15) is 5.82 Å². The maximum absolute atomic E-state index is 11.2. The fourth-order valence-electron chi connectivity index (χ4n) is 2.52. The van der Waals surface area contributed by atoms with Crippen molar-refractivity contribution in [1.82, 2.24) is 4.98 Å². The van der Waals surface area contributed by atoms with Crippen molar-refractivity contribution in [1.29, 1.82) is 0 Å². The summed E-state index contributed by atoms with van der Waals surface area (Å²) < 4.78 is 5.77. The van der Waals surface area contributed by atoms with Crippen LogP contribution < -0.4 is 5.32 Å². The van der Waals surface area contributed by atoms with Crippen LogP contribution in [0.1, 0.15) is 61.5 Å². The maximum Gasteiger partial charge on any atom is 0.335 e. The minimum absolute atomic E-state index is 0.194. The molecule has 1 heterocycles. The molecule has 1 aliphatic rings. The van der Waals surface area contributed by atoms with Crippen molar-refractivity contribution in [2.24, 2.45) is 0 Å². The number of carboxylic acids is 1. The van der Waals surface area contributed by atoms with Crippen LogP contribution in [0.4, 0.5) is 5.82 Å². The molecule has 2 N–H and O–H groups in total. The van der Waals surface area contributed by atoms with Crippen LogP contribution in [0.3, 0.4) is 0 Å². The van der Waals surface area contributed by atoms with E-state index in [0.29, 0.717) is 25.1 Å². The first-order chi connectivity index (χ1) is 10.1. The average molecular weight is 292 g/mol. The van der Waals surface area contributed by atoms with Gasteiger partial charge >= 0.3 is 5.97 Å². The molecule has 0 aliphatic heterocycles. The number of hydrogen-bond donors (Lipinski definition) is 2. The number of hydrogen-bond acceptors (Lipinski definition) is 4. The highest BCUT2D eigenvalue weighted by Gasteiger charge is 2.15. The molecule has 0 amide bonds. The molecule has 1 fully saturated rings. The van der Waals surface area contributed by atoms with Crippen LogP contribution in [-0.2, 0) is 4.74 Å². The van der Waals surface area contributed by atoms with E-state index in [2.05, 4.69) is 10.3 Å². The van der Waals surface area contributed by atoms with Gasteiger partial charge in [-0.15, -0.1) is 0 Å². The Hall–Kier alpha value is -1.62. The standard InChI is InChI=1S/C16H24N2O3/c1-11(2)14-9-12(16(19)20)10-15(18-14)17-7-8-21-13-5-3-4-6-13/h9-11,13H,3-8H2,1-2H3,(H,17,18)(H,19,20). The van der Waals surface area contributed by atoms with Crippen LogP contribution in [0, 0.1) is 0 Å². The van der Waals surface area contributed by atoms with Crippen molar-refractivity contribution < 1.29 is 14.6 Å². The van der Waals surface area contributed by atoms with Crippen LogP contribution in [0.2, 0.25) is 0 Å². The topological polar surface area (TPSA) is 71.5 Å². The molecule has 1 saturated carbocycles. The Morgan fingerprint density at radius 1 is 1.43 bits per heavy atom. The summed E-state index contributed by atoms with van der Waals surface area (Å²) in [6.45, 7) is 5.27. The summed E-state index contributed by atoms with van der Waals surface area (Å²) in [5.74, 6) is -0.127. The molecule has 5 nitrogen and oxygen atoms in total. The third-order valence-corrected chi connectivity index (χ3v) is 3.75. The highest BCUT2D eigenvalue weighted by molar-refractivity contribution is 5.88. The van der Waals surface area contributed by atoms with Crippen LogP contribution in [0.25, 0.3) is 0 Å². The van der Waals surface area contributed by atoms with E-state index in [-0.39, 0.29) is 11.5 Å². The minimum atomic E-state index is -0.926. The summed E-state index contributed by atoms with van der Waals surface area (Å²) in [4.78, 5) is 15.6. The number of nitrogens with zero attached hydrogens (tertiary/aromatic N) is 1. The lowest BCUT2D eigenvalue weighted by molar-refractivity contribution is 0.0658. The van der Waals surface area contributed by atoms with Gasteiger partial charge in [0.15, 0.2) is 0 Å². The van der Waals surface area contributed by atoms with Gasteiger partial charge in [-0.25, -0.2) is 9.78 Å². The van der Waals surface area contributed by atoms with Gasteiger partial charge < -0.3 is 15.2 Å². The van der Waals surface area contributed by atoms with Crippen LogP contribution in [-0.4, -0.2) is 35.3 Å². The third kappa shape index (κ3) is 4.70. The average Bonchev–Trinajstić information content (AvgIpc) is 2.96. The van der Waals surface area contributed by atoms with E-state index in [1.54, 1.807) is 12.1 Å². The Balaban J connectivity index is 1.90. The lowest BCUT2D eigenvalue weighted by Crippen LogP contribution is -2.16. The number of pyridine rings is 1. The second-order valence-corrected chi connectivity index (χ2v) is 5.83. The number of rotatable bonds is 7. The predicted molar refractivity (Wildman–Crippen MR) is 82.0 cm³/mol. The summed E-state index contributed by atoms with van der Waals surface area (Å²) in [5, 5.41) is 12.3. The number of anilines is 1. The lowest BCUT2D eigenvalue weighted by Gasteiger charge is -2.13. The molecular formula is C16H24N2O3. The van der Waals surface area contributed by atoms with E-state index in [9.17, 15) is 4.79 Å². The Labute approximate surface area is 125 Å². The molecule has 0 aromatic carbocycles. The first-order valence-corrected chi connectivity index (χ1v) is 7.67. The zero-order valence-corrected chi connectivity index (χ0v) is 12.8. The zero-order chi connectivity index (χ0) is 15.2. The van der Waals surface area contributed by atoms with Crippen molar-refractivity contribution in [2.45, 2.75) is 51.6 Å². The molecule has 1 aromatic rings. The molecule has 5 heteroatoms. The normalized spacial score (nSPS) is 15.6. The van der Waals surface area contributed by atoms with E-state index >= 15 is 0 Å². The van der Waals surface area contributed by atoms with E-state index in [4.69, 9.17) is 9.84 Å². The van der Waals surface area contributed by atoms with Gasteiger partial charge in [0, 0.05) is 12.2 Å². The van der Waals surface area contributed by atoms with Crippen molar-refractivity contribution in [3.63, 3.8) is 0 Å². The number of nitrogens with one attached hydrogen (secondary N) is 1. The van der Waals surface area contributed by atoms with E-state index in [0.717, 1.165) is 18.5 Å². The smallest absolute Gasteiger partial charge is 0.335 e. The molecule has 0 atom stereocenters. The van der Waals surface area contributed by atoms with Crippen molar-refractivity contribution in [3.05, 3.63) is 23.4 Å². The fraction of sp³-hybridized carbons (Fsp3) is 0.625. The van der Waals surface area contributed by atoms with E-state index in [1.807, 2.05) is 13.8 Å². The molecular weight excluding hydrogens is 268 g/mol. The molecule has 0 radical (unpaired) electrons. The van der Waals surface area contributed by atoms with Gasteiger partial charge in [-0.1, -0.05) is 26.7 Å². The number of aromatic carboxylic acids is 1. The summed E-state index contributed by atoms with van der Waals surface area (Å²) in [5.41, 5.74) is 1.06. The first kappa shape index (κ1) is 15.8. The lowest BCUT2D eigenvalue weighted by atomic mass is 10.1. The number of aromatic nitrogens is 1. The largest absolute Gasteiger partial charge is 0.478 e. The van der Waals surface area contributed by atoms with Gasteiger partial charge in [-0.05, 0) is 30.9 Å². The Kier molecular flexibility index (Phi) is 5.56. The molecule has 0 saturated heterocycles. The Bertz CT molecular complexity index is 482. The monoisotopic (exact) mass is 292 g/mol. The summed E-state index contributed by atoms with van der Waals surface area (Å²) in [6.07, 6.45) is 5.24. The van der Waals surface area contributed by atoms with Gasteiger partial charge in [-0.3, -0.25) is 0 Å². The second-order valence-electron chi connectivity index (χ2n) is 5.83. The minimum Gasteiger partial charge on any atom is -0.478 e. The molecule has 116 valence electrons. The quantitative estimate of drug-likeness (QED) is 0.755. The van der Waals surface area contributed by atoms with Crippen LogP contribution in [0.5, 0.6) is 0 Å². The Morgan fingerprint density at radius 3 is 2.76 bits per heavy atom. The third-order valence-electron chi connectivity index (χ3n) is 3.75. The molecule has 21 heavy (non-hydrogen) atoms. The number of carbonyl (C=O) groups is 1. The summed E-state index contributed by atoms with van der Waals surface area (Å²) in [6, 6.07) is 3.21. The van der Waals surface area contributed by atoms with Crippen molar-refractivity contribution >= 4 is 11.8 Å². The number of carboxylic acid groups (broad SMARTS) is 1. The van der Waals surface area contributed by atoms with Gasteiger partial charge in [0.05, 0.1) is 18.3 Å². The fourth-order valence-corrected chi connectivity index (χ4v) is 2.52. The SMILES string of the molecule is CC(C)c1cc(C(=O)O)cc(NCCOC2CCCC2)n1. The molecule has 0 bridgehead atoms. The zero-order valence-electron chi connectivity index (χ0n) is 12.8. The molecule has 2 rings (SSSR count). The van der Waals surface area contributed by atoms with Crippen LogP contribution in [0.15, 0.2) is 12.1 Å². The summed E-state index contributed by atoms with van der Waals surface area (Å²) in [7, 11) is 0. The van der Waals surface area contributed by atoms with Gasteiger partial charge in [0.2, 0.25) is 0 Å². The molecule has 0 spiro atoms. The van der Waals surface area contributed by atoms with Crippen molar-refractivity contribution in [2.75, 3.05) is 18.5 Å². The van der Waals surface area contributed by atoms with E-state index < -0.39 is 5.97 Å². The first-order valence-electron chi connectivity index (χ1n) is 7.67. The maximum atomic E-state index is 11.2.